The molecule has 26 heavy (non-hydrogen) atoms. The number of hydrogen-bond donors (Lipinski definition) is 1. The lowest BCUT2D eigenvalue weighted by Crippen LogP contribution is -2.30. The highest BCUT2D eigenvalue weighted by molar-refractivity contribution is 8.19. The van der Waals surface area contributed by atoms with Crippen LogP contribution in [-0.4, -0.2) is 29.5 Å². The molecule has 0 radical (unpaired) electrons. The zero-order valence-corrected chi connectivity index (χ0v) is 16.5. The standard InChI is InChI=1S/C19H18ClNO3S2/c1-12(17(22)21-16-5-3-2-4-15(16)20)24-18(23)13-6-8-14(9-7-13)19-25-10-11-26-19/h2-9,12,19H,10-11H2,1H3,(H,21,22). The zero-order chi connectivity index (χ0) is 18.5. The van der Waals surface area contributed by atoms with E-state index >= 15 is 0 Å². The molecule has 1 atom stereocenters. The van der Waals surface area contributed by atoms with Crippen LogP contribution < -0.4 is 5.32 Å². The fourth-order valence-corrected chi connectivity index (χ4v) is 5.45. The lowest BCUT2D eigenvalue weighted by molar-refractivity contribution is -0.123. The maximum absolute atomic E-state index is 12.3. The number of hydrogen-bond acceptors (Lipinski definition) is 5. The second-order valence-electron chi connectivity index (χ2n) is 5.71. The van der Waals surface area contributed by atoms with Crippen molar-refractivity contribution < 1.29 is 14.3 Å². The van der Waals surface area contributed by atoms with Gasteiger partial charge in [-0.05, 0) is 36.8 Å². The van der Waals surface area contributed by atoms with Gasteiger partial charge in [-0.25, -0.2) is 4.79 Å². The fourth-order valence-electron chi connectivity index (χ4n) is 2.41. The van der Waals surface area contributed by atoms with Gasteiger partial charge in [0.1, 0.15) is 0 Å². The van der Waals surface area contributed by atoms with Crippen molar-refractivity contribution in [2.24, 2.45) is 0 Å². The predicted octanol–water partition coefficient (Wildman–Crippen LogP) is 5.00. The maximum atomic E-state index is 12.3. The Kier molecular flexibility index (Phi) is 6.51. The number of ether oxygens (including phenoxy) is 1. The second kappa shape index (κ2) is 8.84. The summed E-state index contributed by atoms with van der Waals surface area (Å²) in [7, 11) is 0. The molecule has 0 spiro atoms. The van der Waals surface area contributed by atoms with Crippen LogP contribution >= 0.6 is 35.1 Å². The van der Waals surface area contributed by atoms with Crippen molar-refractivity contribution in [3.63, 3.8) is 0 Å². The van der Waals surface area contributed by atoms with Crippen molar-refractivity contribution in [1.29, 1.82) is 0 Å². The predicted molar refractivity (Wildman–Crippen MR) is 109 cm³/mol. The molecule has 1 saturated heterocycles. The minimum Gasteiger partial charge on any atom is -0.449 e. The Morgan fingerprint density at radius 3 is 2.42 bits per heavy atom. The van der Waals surface area contributed by atoms with Crippen molar-refractivity contribution in [3.8, 4) is 0 Å². The van der Waals surface area contributed by atoms with E-state index in [-0.39, 0.29) is 0 Å². The molecular formula is C19H18ClNO3S2. The van der Waals surface area contributed by atoms with Crippen LogP contribution in [0.4, 0.5) is 5.69 Å². The molecule has 1 amide bonds. The van der Waals surface area contributed by atoms with Crippen LogP contribution in [0.1, 0.15) is 27.4 Å². The Morgan fingerprint density at radius 1 is 1.12 bits per heavy atom. The smallest absolute Gasteiger partial charge is 0.338 e. The summed E-state index contributed by atoms with van der Waals surface area (Å²) in [5.74, 6) is 1.35. The first kappa shape index (κ1) is 19.1. The Hall–Kier alpha value is -1.63. The highest BCUT2D eigenvalue weighted by atomic mass is 35.5. The maximum Gasteiger partial charge on any atom is 0.338 e. The van der Waals surface area contributed by atoms with Gasteiger partial charge in [-0.1, -0.05) is 35.9 Å². The Labute approximate surface area is 166 Å². The molecule has 0 bridgehead atoms. The Balaban J connectivity index is 1.58. The molecule has 4 nitrogen and oxygen atoms in total. The fraction of sp³-hybridized carbons (Fsp3) is 0.263. The minimum atomic E-state index is -0.931. The lowest BCUT2D eigenvalue weighted by atomic mass is 10.1. The second-order valence-corrected chi connectivity index (χ2v) is 8.84. The Morgan fingerprint density at radius 2 is 1.77 bits per heavy atom. The number of benzene rings is 2. The van der Waals surface area contributed by atoms with Crippen LogP contribution in [0.2, 0.25) is 5.02 Å². The summed E-state index contributed by atoms with van der Waals surface area (Å²) in [4.78, 5) is 24.5. The molecule has 2 aromatic carbocycles. The van der Waals surface area contributed by atoms with Gasteiger partial charge in [-0.15, -0.1) is 23.5 Å². The molecular weight excluding hydrogens is 390 g/mol. The molecule has 1 fully saturated rings. The van der Waals surface area contributed by atoms with E-state index in [1.54, 1.807) is 36.4 Å². The third-order valence-electron chi connectivity index (χ3n) is 3.83. The molecule has 0 saturated carbocycles. The summed E-state index contributed by atoms with van der Waals surface area (Å²) in [5, 5.41) is 3.09. The number of amides is 1. The molecule has 3 rings (SSSR count). The topological polar surface area (TPSA) is 55.4 Å². The van der Waals surface area contributed by atoms with Crippen molar-refractivity contribution in [3.05, 3.63) is 64.7 Å². The van der Waals surface area contributed by atoms with Crippen LogP contribution in [0.25, 0.3) is 0 Å². The largest absolute Gasteiger partial charge is 0.449 e. The number of anilines is 1. The van der Waals surface area contributed by atoms with Crippen LogP contribution in [0, 0.1) is 0 Å². The molecule has 1 N–H and O–H groups in total. The van der Waals surface area contributed by atoms with E-state index in [0.29, 0.717) is 20.9 Å². The van der Waals surface area contributed by atoms with Crippen LogP contribution in [-0.2, 0) is 9.53 Å². The van der Waals surface area contributed by atoms with Crippen molar-refractivity contribution in [1.82, 2.24) is 0 Å². The normalized spacial score (nSPS) is 15.5. The van der Waals surface area contributed by atoms with Gasteiger partial charge >= 0.3 is 5.97 Å². The quantitative estimate of drug-likeness (QED) is 0.706. The molecule has 2 aromatic rings. The van der Waals surface area contributed by atoms with Gasteiger partial charge in [-0.3, -0.25) is 4.79 Å². The van der Waals surface area contributed by atoms with E-state index in [2.05, 4.69) is 5.32 Å². The number of halogens is 1. The SMILES string of the molecule is CC(OC(=O)c1ccc(C2SCCS2)cc1)C(=O)Nc1ccccc1Cl. The number of carbonyl (C=O) groups is 2. The molecule has 136 valence electrons. The number of rotatable bonds is 5. The molecule has 1 aliphatic rings. The minimum absolute atomic E-state index is 0.428. The highest BCUT2D eigenvalue weighted by Gasteiger charge is 2.21. The van der Waals surface area contributed by atoms with Gasteiger partial charge in [-0.2, -0.15) is 0 Å². The number of nitrogens with one attached hydrogen (secondary N) is 1. The van der Waals surface area contributed by atoms with Crippen molar-refractivity contribution >= 4 is 52.7 Å². The summed E-state index contributed by atoms with van der Waals surface area (Å²) in [6.45, 7) is 1.53. The summed E-state index contributed by atoms with van der Waals surface area (Å²) < 4.78 is 5.70. The van der Waals surface area contributed by atoms with Gasteiger partial charge < -0.3 is 10.1 Å². The van der Waals surface area contributed by atoms with Gasteiger partial charge in [0.15, 0.2) is 6.10 Å². The van der Waals surface area contributed by atoms with Gasteiger partial charge in [0.05, 0.1) is 20.9 Å². The average Bonchev–Trinajstić information content (AvgIpc) is 3.18. The third-order valence-corrected chi connectivity index (χ3v) is 7.26. The van der Waals surface area contributed by atoms with Crippen molar-refractivity contribution in [2.45, 2.75) is 17.6 Å². The average molecular weight is 408 g/mol. The van der Waals surface area contributed by atoms with Crippen LogP contribution in [0.15, 0.2) is 48.5 Å². The number of thioether (sulfide) groups is 2. The van der Waals surface area contributed by atoms with Gasteiger partial charge in [0, 0.05) is 11.5 Å². The molecule has 1 unspecified atom stereocenters. The van der Waals surface area contributed by atoms with Gasteiger partial charge in [0.25, 0.3) is 5.91 Å². The molecule has 1 heterocycles. The molecule has 0 aliphatic carbocycles. The third kappa shape index (κ3) is 4.75. The van der Waals surface area contributed by atoms with Gasteiger partial charge in [0.2, 0.25) is 0 Å². The zero-order valence-electron chi connectivity index (χ0n) is 14.1. The summed E-state index contributed by atoms with van der Waals surface area (Å²) in [6, 6.07) is 14.3. The first-order valence-corrected chi connectivity index (χ1v) is 10.6. The lowest BCUT2D eigenvalue weighted by Gasteiger charge is -2.14. The number of para-hydroxylation sites is 1. The Bertz CT molecular complexity index is 792. The van der Waals surface area contributed by atoms with E-state index < -0.39 is 18.0 Å². The van der Waals surface area contributed by atoms with E-state index in [0.717, 1.165) is 11.5 Å². The van der Waals surface area contributed by atoms with Crippen molar-refractivity contribution in [2.75, 3.05) is 16.8 Å². The molecule has 0 aromatic heterocycles. The van der Waals surface area contributed by atoms with Crippen LogP contribution in [0.3, 0.4) is 0 Å². The molecule has 7 heteroatoms. The van der Waals surface area contributed by atoms with E-state index in [1.807, 2.05) is 35.7 Å². The molecule has 1 aliphatic heterocycles. The monoisotopic (exact) mass is 407 g/mol. The summed E-state index contributed by atoms with van der Waals surface area (Å²) in [6.07, 6.45) is -0.931. The highest BCUT2D eigenvalue weighted by Crippen LogP contribution is 2.45. The van der Waals surface area contributed by atoms with E-state index in [9.17, 15) is 9.59 Å². The number of esters is 1. The van der Waals surface area contributed by atoms with Crippen LogP contribution in [0.5, 0.6) is 0 Å². The first-order chi connectivity index (χ1) is 12.5. The van der Waals surface area contributed by atoms with E-state index in [1.165, 1.54) is 12.5 Å². The summed E-state index contributed by atoms with van der Waals surface area (Å²) in [5.41, 5.74) is 2.11. The van der Waals surface area contributed by atoms with E-state index in [4.69, 9.17) is 16.3 Å². The summed E-state index contributed by atoms with van der Waals surface area (Å²) >= 11 is 9.84. The first-order valence-electron chi connectivity index (χ1n) is 8.14. The number of carbonyl (C=O) groups excluding carboxylic acids is 2.